The van der Waals surface area contributed by atoms with Crippen molar-refractivity contribution in [2.24, 2.45) is 5.92 Å². The minimum Gasteiger partial charge on any atom is -0.372 e. The van der Waals surface area contributed by atoms with E-state index in [-0.39, 0.29) is 5.91 Å². The van der Waals surface area contributed by atoms with Crippen LogP contribution in [0.4, 0.5) is 11.4 Å². The number of benzene rings is 2. The molecule has 0 radical (unpaired) electrons. The third kappa shape index (κ3) is 4.83. The Kier molecular flexibility index (Phi) is 5.60. The van der Waals surface area contributed by atoms with Crippen LogP contribution in [0.1, 0.15) is 38.1 Å². The van der Waals surface area contributed by atoms with Gasteiger partial charge in [-0.2, -0.15) is 4.98 Å². The number of rotatable bonds is 5. The molecule has 1 aliphatic heterocycles. The highest BCUT2D eigenvalue weighted by Gasteiger charge is 2.16. The lowest BCUT2D eigenvalue weighted by Gasteiger charge is -2.32. The Morgan fingerprint density at radius 1 is 1.10 bits per heavy atom. The van der Waals surface area contributed by atoms with Gasteiger partial charge in [-0.25, -0.2) is 0 Å². The zero-order valence-electron chi connectivity index (χ0n) is 16.9. The van der Waals surface area contributed by atoms with Crippen molar-refractivity contribution < 1.29 is 9.32 Å². The number of anilines is 2. The molecule has 1 saturated heterocycles. The van der Waals surface area contributed by atoms with Crippen LogP contribution in [0.5, 0.6) is 0 Å². The Labute approximate surface area is 170 Å². The maximum absolute atomic E-state index is 11.1. The molecule has 1 aromatic heterocycles. The van der Waals surface area contributed by atoms with E-state index in [1.807, 2.05) is 24.3 Å². The van der Waals surface area contributed by atoms with Crippen molar-refractivity contribution in [2.45, 2.75) is 33.1 Å². The van der Waals surface area contributed by atoms with E-state index in [1.165, 1.54) is 25.5 Å². The summed E-state index contributed by atoms with van der Waals surface area (Å²) in [6, 6.07) is 16.0. The Morgan fingerprint density at radius 3 is 2.45 bits per heavy atom. The van der Waals surface area contributed by atoms with Gasteiger partial charge in [0.2, 0.25) is 17.6 Å². The van der Waals surface area contributed by atoms with E-state index in [0.717, 1.165) is 35.8 Å². The first-order valence-electron chi connectivity index (χ1n) is 10.1. The van der Waals surface area contributed by atoms with Crippen molar-refractivity contribution in [1.82, 2.24) is 10.1 Å². The number of hydrogen-bond donors (Lipinski definition) is 1. The van der Waals surface area contributed by atoms with Gasteiger partial charge in [-0.05, 0) is 60.7 Å². The molecule has 2 aromatic carbocycles. The number of carbonyl (C=O) groups excluding carboxylic acids is 1. The monoisotopic (exact) mass is 390 g/mol. The minimum absolute atomic E-state index is 0.0832. The molecule has 0 spiro atoms. The summed E-state index contributed by atoms with van der Waals surface area (Å²) in [5.74, 6) is 1.92. The molecular formula is C23H26N4O2. The molecule has 0 bridgehead atoms. The predicted octanol–water partition coefficient (Wildman–Crippen LogP) is 4.52. The maximum atomic E-state index is 11.1. The highest BCUT2D eigenvalue weighted by Crippen LogP contribution is 2.25. The lowest BCUT2D eigenvalue weighted by atomic mass is 9.98. The normalized spacial score (nSPS) is 14.8. The number of piperidine rings is 1. The number of aromatic nitrogens is 2. The van der Waals surface area contributed by atoms with Gasteiger partial charge >= 0.3 is 0 Å². The number of carbonyl (C=O) groups is 1. The molecule has 0 saturated carbocycles. The van der Waals surface area contributed by atoms with Crippen LogP contribution in [0.3, 0.4) is 0 Å². The Bertz CT molecular complexity index is 955. The highest BCUT2D eigenvalue weighted by molar-refractivity contribution is 5.88. The predicted molar refractivity (Wildman–Crippen MR) is 114 cm³/mol. The molecule has 0 atom stereocenters. The van der Waals surface area contributed by atoms with Crippen molar-refractivity contribution in [3.63, 3.8) is 0 Å². The SMILES string of the molecule is CC(=O)Nc1ccc(Cc2nc(-c3ccc(N4CCC(C)CC4)cc3)no2)cc1. The van der Waals surface area contributed by atoms with E-state index < -0.39 is 0 Å². The molecule has 150 valence electrons. The highest BCUT2D eigenvalue weighted by atomic mass is 16.5. The number of hydrogen-bond acceptors (Lipinski definition) is 5. The molecule has 6 nitrogen and oxygen atoms in total. The standard InChI is InChI=1S/C23H26N4O2/c1-16-11-13-27(14-12-16)21-9-5-19(6-10-21)23-25-22(29-26-23)15-18-3-7-20(8-4-18)24-17(2)28/h3-10,16H,11-15H2,1-2H3,(H,24,28). The lowest BCUT2D eigenvalue weighted by molar-refractivity contribution is -0.114. The fourth-order valence-electron chi connectivity index (χ4n) is 3.62. The fourth-order valence-corrected chi connectivity index (χ4v) is 3.62. The molecule has 2 heterocycles. The van der Waals surface area contributed by atoms with E-state index in [1.54, 1.807) is 0 Å². The molecule has 1 fully saturated rings. The van der Waals surface area contributed by atoms with E-state index in [0.29, 0.717) is 18.1 Å². The summed E-state index contributed by atoms with van der Waals surface area (Å²) in [6.45, 7) is 6.06. The third-order valence-corrected chi connectivity index (χ3v) is 5.37. The second-order valence-corrected chi connectivity index (χ2v) is 7.78. The summed E-state index contributed by atoms with van der Waals surface area (Å²) in [5, 5.41) is 6.89. The lowest BCUT2D eigenvalue weighted by Crippen LogP contribution is -2.32. The van der Waals surface area contributed by atoms with E-state index in [9.17, 15) is 4.79 Å². The number of nitrogens with one attached hydrogen (secondary N) is 1. The van der Waals surface area contributed by atoms with Crippen LogP contribution in [-0.2, 0) is 11.2 Å². The van der Waals surface area contributed by atoms with Crippen LogP contribution >= 0.6 is 0 Å². The van der Waals surface area contributed by atoms with Crippen LogP contribution in [-0.4, -0.2) is 29.1 Å². The zero-order valence-corrected chi connectivity index (χ0v) is 16.9. The Morgan fingerprint density at radius 2 is 1.79 bits per heavy atom. The second-order valence-electron chi connectivity index (χ2n) is 7.78. The van der Waals surface area contributed by atoms with E-state index in [4.69, 9.17) is 4.52 Å². The van der Waals surface area contributed by atoms with Crippen molar-refractivity contribution >= 4 is 17.3 Å². The van der Waals surface area contributed by atoms with Gasteiger partial charge in [0, 0.05) is 37.0 Å². The first-order valence-corrected chi connectivity index (χ1v) is 10.1. The van der Waals surface area contributed by atoms with Gasteiger partial charge in [0.25, 0.3) is 0 Å². The summed E-state index contributed by atoms with van der Waals surface area (Å²) in [7, 11) is 0. The number of amides is 1. The Hall–Kier alpha value is -3.15. The molecule has 1 aliphatic rings. The number of nitrogens with zero attached hydrogens (tertiary/aromatic N) is 3. The summed E-state index contributed by atoms with van der Waals surface area (Å²) in [5.41, 5.74) is 4.03. The topological polar surface area (TPSA) is 71.3 Å². The van der Waals surface area contributed by atoms with Crippen LogP contribution in [0.25, 0.3) is 11.4 Å². The van der Waals surface area contributed by atoms with Crippen LogP contribution in [0.2, 0.25) is 0 Å². The van der Waals surface area contributed by atoms with Crippen molar-refractivity contribution in [3.05, 3.63) is 60.0 Å². The van der Waals surface area contributed by atoms with Gasteiger partial charge < -0.3 is 14.7 Å². The average Bonchev–Trinajstić information content (AvgIpc) is 3.18. The average molecular weight is 390 g/mol. The van der Waals surface area contributed by atoms with Gasteiger partial charge in [-0.1, -0.05) is 24.2 Å². The second kappa shape index (κ2) is 8.47. The van der Waals surface area contributed by atoms with Crippen molar-refractivity contribution in [2.75, 3.05) is 23.3 Å². The summed E-state index contributed by atoms with van der Waals surface area (Å²) in [6.07, 6.45) is 3.06. The molecule has 3 aromatic rings. The minimum atomic E-state index is -0.0832. The molecule has 29 heavy (non-hydrogen) atoms. The smallest absolute Gasteiger partial charge is 0.231 e. The largest absolute Gasteiger partial charge is 0.372 e. The zero-order chi connectivity index (χ0) is 20.2. The van der Waals surface area contributed by atoms with Gasteiger partial charge in [-0.3, -0.25) is 4.79 Å². The molecule has 1 N–H and O–H groups in total. The van der Waals surface area contributed by atoms with E-state index in [2.05, 4.69) is 51.5 Å². The van der Waals surface area contributed by atoms with Crippen molar-refractivity contribution in [1.29, 1.82) is 0 Å². The van der Waals surface area contributed by atoms with Crippen LogP contribution < -0.4 is 10.2 Å². The first-order chi connectivity index (χ1) is 14.1. The summed E-state index contributed by atoms with van der Waals surface area (Å²) < 4.78 is 5.43. The van der Waals surface area contributed by atoms with Gasteiger partial charge in [-0.15, -0.1) is 0 Å². The molecule has 4 rings (SSSR count). The van der Waals surface area contributed by atoms with E-state index >= 15 is 0 Å². The molecular weight excluding hydrogens is 364 g/mol. The molecule has 1 amide bonds. The molecule has 0 unspecified atom stereocenters. The summed E-state index contributed by atoms with van der Waals surface area (Å²) in [4.78, 5) is 18.1. The Balaban J connectivity index is 1.40. The summed E-state index contributed by atoms with van der Waals surface area (Å²) >= 11 is 0. The van der Waals surface area contributed by atoms with Crippen LogP contribution in [0.15, 0.2) is 53.1 Å². The maximum Gasteiger partial charge on any atom is 0.231 e. The first kappa shape index (κ1) is 19.2. The van der Waals surface area contributed by atoms with Gasteiger partial charge in [0.15, 0.2) is 0 Å². The van der Waals surface area contributed by atoms with Gasteiger partial charge in [0.05, 0.1) is 6.42 Å². The molecule has 0 aliphatic carbocycles. The fraction of sp³-hybridized carbons (Fsp3) is 0.348. The van der Waals surface area contributed by atoms with Gasteiger partial charge in [0.1, 0.15) is 0 Å². The molecule has 6 heteroatoms. The van der Waals surface area contributed by atoms with Crippen molar-refractivity contribution in [3.8, 4) is 11.4 Å². The van der Waals surface area contributed by atoms with Crippen LogP contribution in [0, 0.1) is 5.92 Å². The quantitative estimate of drug-likeness (QED) is 0.693. The third-order valence-electron chi connectivity index (χ3n) is 5.37.